The maximum Gasteiger partial charge on any atom is 0.224 e. The molecule has 2 N–H and O–H groups in total. The number of amides is 1. The summed E-state index contributed by atoms with van der Waals surface area (Å²) in [6, 6.07) is 11.8. The number of carbonyl (C=O) groups is 1. The molecule has 1 atom stereocenters. The van der Waals surface area contributed by atoms with Crippen LogP contribution in [0.4, 0.5) is 5.69 Å². The maximum atomic E-state index is 12.5. The molecule has 2 aromatic carbocycles. The highest BCUT2D eigenvalue weighted by Gasteiger charge is 2.21. The van der Waals surface area contributed by atoms with Crippen molar-refractivity contribution in [3.63, 3.8) is 0 Å². The number of nitrogens with one attached hydrogen (secondary N) is 1. The van der Waals surface area contributed by atoms with Crippen molar-refractivity contribution >= 4 is 11.6 Å². The molecule has 3 rings (SSSR count). The highest BCUT2D eigenvalue weighted by molar-refractivity contribution is 5.91. The highest BCUT2D eigenvalue weighted by atomic mass is 16.5. The van der Waals surface area contributed by atoms with Gasteiger partial charge in [-0.3, -0.25) is 9.69 Å². The molecule has 32 heavy (non-hydrogen) atoms. The monoisotopic (exact) mass is 440 g/mol. The molecule has 0 spiro atoms. The summed E-state index contributed by atoms with van der Waals surface area (Å²) >= 11 is 0. The summed E-state index contributed by atoms with van der Waals surface area (Å²) in [5.74, 6) is 2.13. The third-order valence-electron chi connectivity index (χ3n) is 6.09. The van der Waals surface area contributed by atoms with Crippen LogP contribution in [0.1, 0.15) is 49.3 Å². The van der Waals surface area contributed by atoms with Gasteiger partial charge in [-0.15, -0.1) is 0 Å². The van der Waals surface area contributed by atoms with E-state index in [1.807, 2.05) is 44.2 Å². The number of hydrogen-bond donors (Lipinski definition) is 2. The molecule has 0 aromatic heterocycles. The molecule has 0 bridgehead atoms. The number of ether oxygens (including phenoxy) is 2. The van der Waals surface area contributed by atoms with E-state index in [0.29, 0.717) is 18.9 Å². The number of methoxy groups -OCH3 is 1. The Labute approximate surface area is 191 Å². The van der Waals surface area contributed by atoms with Crippen LogP contribution in [0, 0.1) is 12.8 Å². The number of likely N-dealkylation sites (tertiary alicyclic amines) is 1. The largest absolute Gasteiger partial charge is 0.497 e. The van der Waals surface area contributed by atoms with Crippen molar-refractivity contribution in [1.82, 2.24) is 4.90 Å². The van der Waals surface area contributed by atoms with Gasteiger partial charge < -0.3 is 19.9 Å². The summed E-state index contributed by atoms with van der Waals surface area (Å²) in [6.45, 7) is 7.40. The summed E-state index contributed by atoms with van der Waals surface area (Å²) in [7, 11) is 1.64. The second kappa shape index (κ2) is 11.9. The first-order valence-electron chi connectivity index (χ1n) is 11.5. The van der Waals surface area contributed by atoms with Crippen molar-refractivity contribution in [3.05, 3.63) is 53.1 Å². The molecule has 1 aliphatic heterocycles. The minimum atomic E-state index is -0.0193. The SMILES string of the molecule is CCOc1ccc(CN2CCCC(CCC(=O)Nc3ccc(OC)cc3C)C2)cc1CO. The minimum Gasteiger partial charge on any atom is -0.497 e. The van der Waals surface area contributed by atoms with Gasteiger partial charge in [-0.1, -0.05) is 6.07 Å². The Bertz CT molecular complexity index is 899. The Morgan fingerprint density at radius 3 is 2.81 bits per heavy atom. The van der Waals surface area contributed by atoms with E-state index in [2.05, 4.69) is 16.3 Å². The van der Waals surface area contributed by atoms with Crippen molar-refractivity contribution in [1.29, 1.82) is 0 Å². The Morgan fingerprint density at radius 2 is 2.09 bits per heavy atom. The molecule has 1 fully saturated rings. The normalized spacial score (nSPS) is 16.6. The molecule has 1 aliphatic rings. The minimum absolute atomic E-state index is 0.0193. The van der Waals surface area contributed by atoms with Crippen LogP contribution >= 0.6 is 0 Å². The Morgan fingerprint density at radius 1 is 1.25 bits per heavy atom. The third-order valence-corrected chi connectivity index (χ3v) is 6.09. The first-order valence-corrected chi connectivity index (χ1v) is 11.5. The van der Waals surface area contributed by atoms with Crippen LogP contribution in [0.2, 0.25) is 0 Å². The van der Waals surface area contributed by atoms with Gasteiger partial charge in [-0.25, -0.2) is 0 Å². The highest BCUT2D eigenvalue weighted by Crippen LogP contribution is 2.26. The standard InChI is InChI=1S/C26H36N2O4/c1-4-32-25-11-7-21(15-22(25)18-29)17-28-13-5-6-20(16-28)8-12-26(30)27-24-10-9-23(31-3)14-19(24)2/h7,9-11,14-15,20,29H,4-6,8,12-13,16-18H2,1-3H3,(H,27,30). The van der Waals surface area contributed by atoms with E-state index < -0.39 is 0 Å². The number of anilines is 1. The second-order valence-corrected chi connectivity index (χ2v) is 8.54. The van der Waals surface area contributed by atoms with Crippen molar-refractivity contribution in [3.8, 4) is 11.5 Å². The molecule has 0 radical (unpaired) electrons. The van der Waals surface area contributed by atoms with Crippen LogP contribution in [0.3, 0.4) is 0 Å². The van der Waals surface area contributed by atoms with E-state index in [4.69, 9.17) is 9.47 Å². The van der Waals surface area contributed by atoms with Gasteiger partial charge in [0.2, 0.25) is 5.91 Å². The van der Waals surface area contributed by atoms with Crippen LogP contribution in [-0.2, 0) is 17.9 Å². The summed E-state index contributed by atoms with van der Waals surface area (Å²) in [5.41, 5.74) is 3.87. The molecule has 1 saturated heterocycles. The topological polar surface area (TPSA) is 71.0 Å². The predicted molar refractivity (Wildman–Crippen MR) is 127 cm³/mol. The van der Waals surface area contributed by atoms with Gasteiger partial charge in [-0.05, 0) is 87.0 Å². The zero-order chi connectivity index (χ0) is 22.9. The van der Waals surface area contributed by atoms with Crippen molar-refractivity contribution in [2.45, 2.75) is 52.7 Å². The number of aryl methyl sites for hydroxylation is 1. The van der Waals surface area contributed by atoms with Crippen LogP contribution in [0.5, 0.6) is 11.5 Å². The maximum absolute atomic E-state index is 12.5. The smallest absolute Gasteiger partial charge is 0.224 e. The molecular formula is C26H36N2O4. The molecule has 174 valence electrons. The first-order chi connectivity index (χ1) is 15.5. The molecule has 0 aliphatic carbocycles. The summed E-state index contributed by atoms with van der Waals surface area (Å²) in [6.07, 6.45) is 3.73. The zero-order valence-electron chi connectivity index (χ0n) is 19.5. The first kappa shape index (κ1) is 24.1. The number of nitrogens with zero attached hydrogens (tertiary/aromatic N) is 1. The number of benzene rings is 2. The van der Waals surface area contributed by atoms with Crippen LogP contribution in [-0.4, -0.2) is 42.7 Å². The van der Waals surface area contributed by atoms with Crippen molar-refractivity contribution < 1.29 is 19.4 Å². The fourth-order valence-electron chi connectivity index (χ4n) is 4.39. The van der Waals surface area contributed by atoms with E-state index >= 15 is 0 Å². The summed E-state index contributed by atoms with van der Waals surface area (Å²) in [5, 5.41) is 12.7. The molecule has 6 heteroatoms. The van der Waals surface area contributed by atoms with Gasteiger partial charge in [0.15, 0.2) is 0 Å². The van der Waals surface area contributed by atoms with Crippen molar-refractivity contribution in [2.24, 2.45) is 5.92 Å². The third kappa shape index (κ3) is 6.71. The van der Waals surface area contributed by atoms with Crippen LogP contribution in [0.25, 0.3) is 0 Å². The molecule has 1 unspecified atom stereocenters. The van der Waals surface area contributed by atoms with Gasteiger partial charge in [0.05, 0.1) is 20.3 Å². The van der Waals surface area contributed by atoms with Crippen LogP contribution < -0.4 is 14.8 Å². The van der Waals surface area contributed by atoms with Crippen LogP contribution in [0.15, 0.2) is 36.4 Å². The van der Waals surface area contributed by atoms with Gasteiger partial charge in [0.1, 0.15) is 11.5 Å². The number of hydrogen-bond acceptors (Lipinski definition) is 5. The Kier molecular flexibility index (Phi) is 8.94. The summed E-state index contributed by atoms with van der Waals surface area (Å²) in [4.78, 5) is 15.0. The molecule has 1 amide bonds. The average Bonchev–Trinajstić information content (AvgIpc) is 2.80. The van der Waals surface area contributed by atoms with Crippen molar-refractivity contribution in [2.75, 3.05) is 32.1 Å². The molecule has 0 saturated carbocycles. The lowest BCUT2D eigenvalue weighted by atomic mass is 9.93. The number of piperidine rings is 1. The average molecular weight is 441 g/mol. The van der Waals surface area contributed by atoms with Gasteiger partial charge in [0, 0.05) is 30.8 Å². The molecule has 6 nitrogen and oxygen atoms in total. The number of aliphatic hydroxyl groups excluding tert-OH is 1. The Hall–Kier alpha value is -2.57. The lowest BCUT2D eigenvalue weighted by molar-refractivity contribution is -0.116. The zero-order valence-corrected chi connectivity index (χ0v) is 19.5. The fraction of sp³-hybridized carbons (Fsp3) is 0.500. The summed E-state index contributed by atoms with van der Waals surface area (Å²) < 4.78 is 10.8. The Balaban J connectivity index is 1.49. The number of rotatable bonds is 10. The van der Waals surface area contributed by atoms with E-state index in [9.17, 15) is 9.90 Å². The van der Waals surface area contributed by atoms with E-state index in [-0.39, 0.29) is 12.5 Å². The molecular weight excluding hydrogens is 404 g/mol. The number of aliphatic hydroxyl groups is 1. The van der Waals surface area contributed by atoms with Gasteiger partial charge in [0.25, 0.3) is 0 Å². The number of carbonyl (C=O) groups excluding carboxylic acids is 1. The van der Waals surface area contributed by atoms with E-state index in [0.717, 1.165) is 67.2 Å². The molecule has 1 heterocycles. The molecule has 2 aromatic rings. The lowest BCUT2D eigenvalue weighted by Gasteiger charge is -2.33. The lowest BCUT2D eigenvalue weighted by Crippen LogP contribution is -2.35. The second-order valence-electron chi connectivity index (χ2n) is 8.54. The van der Waals surface area contributed by atoms with Gasteiger partial charge >= 0.3 is 0 Å². The van der Waals surface area contributed by atoms with E-state index in [1.165, 1.54) is 5.56 Å². The van der Waals surface area contributed by atoms with E-state index in [1.54, 1.807) is 7.11 Å². The quantitative estimate of drug-likeness (QED) is 0.568. The fourth-order valence-corrected chi connectivity index (χ4v) is 4.39. The van der Waals surface area contributed by atoms with Gasteiger partial charge in [-0.2, -0.15) is 0 Å². The predicted octanol–water partition coefficient (Wildman–Crippen LogP) is 4.53.